The fraction of sp³-hybridized carbons (Fsp3) is 0.538. The van der Waals surface area contributed by atoms with Crippen molar-refractivity contribution in [3.05, 3.63) is 22.4 Å². The van der Waals surface area contributed by atoms with Crippen molar-refractivity contribution in [2.45, 2.75) is 19.4 Å². The lowest BCUT2D eigenvalue weighted by molar-refractivity contribution is -0.146. The molecule has 1 aromatic heterocycles. The van der Waals surface area contributed by atoms with E-state index in [1.54, 1.807) is 4.90 Å². The van der Waals surface area contributed by atoms with E-state index in [9.17, 15) is 9.59 Å². The maximum atomic E-state index is 12.1. The number of thiophene rings is 1. The first-order chi connectivity index (χ1) is 8.43. The average molecular weight is 266 g/mol. The molecule has 0 bridgehead atoms. The number of carbonyl (C=O) groups is 2. The molecule has 0 unspecified atom stereocenters. The molecule has 4 nitrogen and oxygen atoms in total. The van der Waals surface area contributed by atoms with E-state index in [1.165, 1.54) is 11.3 Å². The summed E-state index contributed by atoms with van der Waals surface area (Å²) >= 11 is 1.45. The Morgan fingerprint density at radius 1 is 1.44 bits per heavy atom. The minimum Gasteiger partial charge on any atom is -0.343 e. The number of likely N-dealkylation sites (N-methyl/N-ethyl adjacent to an activating group) is 1. The zero-order valence-electron chi connectivity index (χ0n) is 11.0. The number of Topliss-reactive ketones (excluding diaryl/α,β-unsaturated/α-hetero) is 1. The predicted octanol–water partition coefficient (Wildman–Crippen LogP) is 1.48. The second-order valence-corrected chi connectivity index (χ2v) is 6.06. The molecule has 0 aromatic carbocycles. The third-order valence-corrected chi connectivity index (χ3v) is 4.41. The van der Waals surface area contributed by atoms with Gasteiger partial charge in [-0.2, -0.15) is 0 Å². The van der Waals surface area contributed by atoms with E-state index in [0.29, 0.717) is 13.1 Å². The van der Waals surface area contributed by atoms with Gasteiger partial charge in [0, 0.05) is 20.1 Å². The molecule has 2 rings (SSSR count). The zero-order valence-corrected chi connectivity index (χ0v) is 11.8. The van der Waals surface area contributed by atoms with E-state index < -0.39 is 5.54 Å². The zero-order chi connectivity index (χ0) is 13.3. The van der Waals surface area contributed by atoms with Gasteiger partial charge >= 0.3 is 0 Å². The van der Waals surface area contributed by atoms with E-state index in [4.69, 9.17) is 0 Å². The maximum absolute atomic E-state index is 12.1. The highest BCUT2D eigenvalue weighted by Gasteiger charge is 2.41. The molecule has 0 saturated carbocycles. The van der Waals surface area contributed by atoms with Crippen LogP contribution in [0.2, 0.25) is 0 Å². The molecule has 1 amide bonds. The number of carbonyl (C=O) groups excluding carboxylic acids is 2. The molecule has 1 saturated heterocycles. The van der Waals surface area contributed by atoms with Gasteiger partial charge in [0.15, 0.2) is 5.78 Å². The van der Waals surface area contributed by atoms with Crippen molar-refractivity contribution >= 4 is 23.0 Å². The molecule has 5 heteroatoms. The van der Waals surface area contributed by atoms with Gasteiger partial charge in [-0.15, -0.1) is 11.3 Å². The van der Waals surface area contributed by atoms with Crippen LogP contribution in [0.25, 0.3) is 0 Å². The van der Waals surface area contributed by atoms with Gasteiger partial charge < -0.3 is 4.90 Å². The van der Waals surface area contributed by atoms with Crippen LogP contribution in [0.15, 0.2) is 17.5 Å². The third-order valence-electron chi connectivity index (χ3n) is 3.50. The Balaban J connectivity index is 2.10. The Labute approximate surface area is 111 Å². The second kappa shape index (κ2) is 4.82. The van der Waals surface area contributed by atoms with Crippen molar-refractivity contribution in [3.63, 3.8) is 0 Å². The molecule has 98 valence electrons. The molecule has 2 heterocycles. The Morgan fingerprint density at radius 3 is 2.78 bits per heavy atom. The Morgan fingerprint density at radius 2 is 2.17 bits per heavy atom. The highest BCUT2D eigenvalue weighted by Crippen LogP contribution is 2.22. The second-order valence-electron chi connectivity index (χ2n) is 5.11. The molecule has 0 atom stereocenters. The summed E-state index contributed by atoms with van der Waals surface area (Å²) in [6, 6.07) is 3.70. The van der Waals surface area contributed by atoms with E-state index >= 15 is 0 Å². The van der Waals surface area contributed by atoms with Gasteiger partial charge in [0.1, 0.15) is 0 Å². The number of amides is 1. The van der Waals surface area contributed by atoms with E-state index in [-0.39, 0.29) is 11.7 Å². The van der Waals surface area contributed by atoms with E-state index in [0.717, 1.165) is 11.4 Å². The number of rotatable bonds is 3. The molecule has 0 N–H and O–H groups in total. The first-order valence-electron chi connectivity index (χ1n) is 6.00. The first-order valence-corrected chi connectivity index (χ1v) is 6.88. The summed E-state index contributed by atoms with van der Waals surface area (Å²) in [5.41, 5.74) is -0.597. The van der Waals surface area contributed by atoms with Gasteiger partial charge in [-0.25, -0.2) is 0 Å². The van der Waals surface area contributed by atoms with Crippen molar-refractivity contribution in [1.82, 2.24) is 9.80 Å². The van der Waals surface area contributed by atoms with Crippen LogP contribution >= 0.6 is 11.3 Å². The van der Waals surface area contributed by atoms with Crippen molar-refractivity contribution in [3.8, 4) is 0 Å². The third kappa shape index (κ3) is 2.33. The summed E-state index contributed by atoms with van der Waals surface area (Å²) in [6.07, 6.45) is 0. The predicted molar refractivity (Wildman–Crippen MR) is 71.9 cm³/mol. The van der Waals surface area contributed by atoms with Crippen molar-refractivity contribution in [1.29, 1.82) is 0 Å². The van der Waals surface area contributed by atoms with Gasteiger partial charge in [0.05, 0.1) is 17.0 Å². The van der Waals surface area contributed by atoms with Gasteiger partial charge in [0.2, 0.25) is 5.91 Å². The Bertz CT molecular complexity index is 454. The number of ketones is 1. The van der Waals surface area contributed by atoms with Gasteiger partial charge in [-0.1, -0.05) is 6.07 Å². The summed E-state index contributed by atoms with van der Waals surface area (Å²) < 4.78 is 0. The van der Waals surface area contributed by atoms with Gasteiger partial charge in [-0.3, -0.25) is 14.5 Å². The summed E-state index contributed by atoms with van der Waals surface area (Å²) in [7, 11) is 1.81. The Hall–Kier alpha value is -1.20. The number of piperazine rings is 1. The molecule has 1 aromatic rings. The normalized spacial score (nSPS) is 20.2. The highest BCUT2D eigenvalue weighted by molar-refractivity contribution is 7.12. The van der Waals surface area contributed by atoms with Crippen molar-refractivity contribution in [2.75, 3.05) is 26.7 Å². The number of hydrogen-bond donors (Lipinski definition) is 0. The molecular weight excluding hydrogens is 248 g/mol. The highest BCUT2D eigenvalue weighted by atomic mass is 32.1. The summed E-state index contributed by atoms with van der Waals surface area (Å²) in [4.78, 5) is 28.7. The molecule has 1 aliphatic rings. The standard InChI is InChI=1S/C13H18N2O2S/c1-13(2)12(17)14(3)6-7-15(13)9-10(16)11-5-4-8-18-11/h4-5,8H,6-7,9H2,1-3H3. The van der Waals surface area contributed by atoms with Crippen LogP contribution in [-0.2, 0) is 4.79 Å². The van der Waals surface area contributed by atoms with E-state index in [2.05, 4.69) is 0 Å². The number of nitrogens with zero attached hydrogens (tertiary/aromatic N) is 2. The van der Waals surface area contributed by atoms with Gasteiger partial charge in [0.25, 0.3) is 0 Å². The fourth-order valence-electron chi connectivity index (χ4n) is 2.22. The smallest absolute Gasteiger partial charge is 0.242 e. The summed E-state index contributed by atoms with van der Waals surface area (Å²) in [6.45, 7) is 5.50. The minimum absolute atomic E-state index is 0.0766. The van der Waals surface area contributed by atoms with Gasteiger partial charge in [-0.05, 0) is 25.3 Å². The van der Waals surface area contributed by atoms with Crippen LogP contribution in [-0.4, -0.2) is 53.7 Å². The van der Waals surface area contributed by atoms with Crippen LogP contribution in [0.4, 0.5) is 0 Å². The van der Waals surface area contributed by atoms with Crippen LogP contribution in [0.3, 0.4) is 0 Å². The molecule has 0 aliphatic carbocycles. The van der Waals surface area contributed by atoms with Crippen LogP contribution in [0, 0.1) is 0 Å². The SMILES string of the molecule is CN1CCN(CC(=O)c2cccs2)C(C)(C)C1=O. The summed E-state index contributed by atoms with van der Waals surface area (Å²) in [5, 5.41) is 1.90. The van der Waals surface area contributed by atoms with Crippen LogP contribution < -0.4 is 0 Å². The minimum atomic E-state index is -0.597. The average Bonchev–Trinajstić information content (AvgIpc) is 2.84. The van der Waals surface area contributed by atoms with Crippen LogP contribution in [0.5, 0.6) is 0 Å². The van der Waals surface area contributed by atoms with Crippen LogP contribution in [0.1, 0.15) is 23.5 Å². The molecule has 1 aliphatic heterocycles. The fourth-order valence-corrected chi connectivity index (χ4v) is 2.88. The molecule has 1 fully saturated rings. The Kier molecular flexibility index (Phi) is 3.54. The quantitative estimate of drug-likeness (QED) is 0.778. The summed E-state index contributed by atoms with van der Waals surface area (Å²) in [5.74, 6) is 0.170. The maximum Gasteiger partial charge on any atom is 0.242 e. The number of hydrogen-bond acceptors (Lipinski definition) is 4. The topological polar surface area (TPSA) is 40.6 Å². The lowest BCUT2D eigenvalue weighted by atomic mass is 9.97. The van der Waals surface area contributed by atoms with Crippen molar-refractivity contribution in [2.24, 2.45) is 0 Å². The monoisotopic (exact) mass is 266 g/mol. The molecule has 0 spiro atoms. The largest absolute Gasteiger partial charge is 0.343 e. The van der Waals surface area contributed by atoms with Crippen molar-refractivity contribution < 1.29 is 9.59 Å². The lowest BCUT2D eigenvalue weighted by Crippen LogP contribution is -2.62. The molecule has 18 heavy (non-hydrogen) atoms. The first kappa shape index (κ1) is 13.2. The van der Waals surface area contributed by atoms with E-state index in [1.807, 2.05) is 43.3 Å². The molecule has 0 radical (unpaired) electrons. The molecular formula is C13H18N2O2S. The lowest BCUT2D eigenvalue weighted by Gasteiger charge is -2.44.